The monoisotopic (exact) mass is 270 g/mol. The Bertz CT molecular complexity index is 530. The van der Waals surface area contributed by atoms with Gasteiger partial charge in [-0.25, -0.2) is 4.98 Å². The van der Waals surface area contributed by atoms with Crippen LogP contribution in [0.3, 0.4) is 0 Å². The molecule has 0 amide bonds. The maximum atomic E-state index is 11.6. The number of hydrogen-bond acceptors (Lipinski definition) is 3. The van der Waals surface area contributed by atoms with Gasteiger partial charge in [0.1, 0.15) is 5.65 Å². The molecule has 0 fully saturated rings. The highest BCUT2D eigenvalue weighted by molar-refractivity contribution is 9.10. The number of halogens is 1. The van der Waals surface area contributed by atoms with Crippen LogP contribution >= 0.6 is 15.9 Å². The third-order valence-electron chi connectivity index (χ3n) is 2.27. The molecule has 0 aliphatic rings. The molecule has 0 unspecified atom stereocenters. The molecule has 80 valence electrons. The summed E-state index contributed by atoms with van der Waals surface area (Å²) >= 11 is 3.40. The van der Waals surface area contributed by atoms with Crippen molar-refractivity contribution in [2.45, 2.75) is 6.42 Å². The van der Waals surface area contributed by atoms with E-state index in [4.69, 9.17) is 0 Å². The number of H-pyrrole nitrogens is 2. The molecule has 2 aromatic heterocycles. The Morgan fingerprint density at radius 3 is 3.13 bits per heavy atom. The highest BCUT2D eigenvalue weighted by atomic mass is 79.9. The summed E-state index contributed by atoms with van der Waals surface area (Å²) in [6.07, 6.45) is 2.18. The van der Waals surface area contributed by atoms with E-state index in [9.17, 15) is 4.79 Å². The lowest BCUT2D eigenvalue weighted by Gasteiger charge is -1.98. The molecule has 0 aliphatic heterocycles. The third-order valence-corrected chi connectivity index (χ3v) is 2.95. The summed E-state index contributed by atoms with van der Waals surface area (Å²) in [5.41, 5.74) is 1.48. The number of fused-ring (bicyclic) bond motifs is 1. The fourth-order valence-electron chi connectivity index (χ4n) is 1.55. The average molecular weight is 271 g/mol. The third kappa shape index (κ3) is 1.82. The Hall–Kier alpha value is -1.14. The van der Waals surface area contributed by atoms with Gasteiger partial charge in [-0.1, -0.05) is 0 Å². The summed E-state index contributed by atoms with van der Waals surface area (Å²) in [5, 5.41) is 3.69. The zero-order valence-electron chi connectivity index (χ0n) is 8.22. The number of nitrogens with zero attached hydrogens (tertiary/aromatic N) is 1. The van der Waals surface area contributed by atoms with Crippen molar-refractivity contribution in [1.29, 1.82) is 0 Å². The van der Waals surface area contributed by atoms with Gasteiger partial charge in [-0.15, -0.1) is 0 Å². The molecular formula is C9H11BrN4O. The Morgan fingerprint density at radius 1 is 1.60 bits per heavy atom. The largest absolute Gasteiger partial charge is 0.334 e. The van der Waals surface area contributed by atoms with Gasteiger partial charge in [-0.3, -0.25) is 4.79 Å². The molecular weight excluding hydrogens is 260 g/mol. The van der Waals surface area contributed by atoms with Crippen molar-refractivity contribution in [3.05, 3.63) is 26.8 Å². The molecule has 0 atom stereocenters. The summed E-state index contributed by atoms with van der Waals surface area (Å²) in [7, 11) is 1.88. The Morgan fingerprint density at radius 2 is 2.40 bits per heavy atom. The first kappa shape index (κ1) is 10.4. The number of nitrogens with one attached hydrogen (secondary N) is 3. The minimum absolute atomic E-state index is 0.104. The van der Waals surface area contributed by atoms with E-state index in [-0.39, 0.29) is 5.56 Å². The predicted octanol–water partition coefficient (Wildman–Crippen LogP) is 0.776. The first-order valence-corrected chi connectivity index (χ1v) is 5.41. The van der Waals surface area contributed by atoms with Gasteiger partial charge in [0, 0.05) is 5.56 Å². The van der Waals surface area contributed by atoms with Crippen molar-refractivity contribution < 1.29 is 0 Å². The van der Waals surface area contributed by atoms with Gasteiger partial charge in [0.2, 0.25) is 0 Å². The Balaban J connectivity index is 2.61. The summed E-state index contributed by atoms with van der Waals surface area (Å²) in [6.45, 7) is 0.819. The molecule has 0 aliphatic carbocycles. The second-order valence-corrected chi connectivity index (χ2v) is 4.02. The van der Waals surface area contributed by atoms with Crippen LogP contribution in [0.25, 0.3) is 11.0 Å². The number of hydrogen-bond donors (Lipinski definition) is 3. The first-order chi connectivity index (χ1) is 7.24. The van der Waals surface area contributed by atoms with Crippen LogP contribution in [0.2, 0.25) is 0 Å². The molecule has 15 heavy (non-hydrogen) atoms. The van der Waals surface area contributed by atoms with Crippen molar-refractivity contribution >= 4 is 27.0 Å². The van der Waals surface area contributed by atoms with E-state index in [0.717, 1.165) is 23.1 Å². The van der Waals surface area contributed by atoms with E-state index >= 15 is 0 Å². The minimum atomic E-state index is -0.104. The van der Waals surface area contributed by atoms with Crippen molar-refractivity contribution in [3.8, 4) is 0 Å². The van der Waals surface area contributed by atoms with E-state index in [2.05, 4.69) is 36.2 Å². The molecule has 0 spiro atoms. The van der Waals surface area contributed by atoms with Crippen LogP contribution < -0.4 is 10.9 Å². The Kier molecular flexibility index (Phi) is 2.88. The second-order valence-electron chi connectivity index (χ2n) is 3.23. The van der Waals surface area contributed by atoms with Crippen molar-refractivity contribution in [2.75, 3.05) is 13.6 Å². The molecule has 2 heterocycles. The van der Waals surface area contributed by atoms with Crippen LogP contribution in [0, 0.1) is 0 Å². The molecule has 6 heteroatoms. The predicted molar refractivity (Wildman–Crippen MR) is 62.0 cm³/mol. The maximum Gasteiger partial charge on any atom is 0.260 e. The smallest absolute Gasteiger partial charge is 0.260 e. The van der Waals surface area contributed by atoms with Gasteiger partial charge < -0.3 is 15.3 Å². The number of rotatable bonds is 3. The van der Waals surface area contributed by atoms with Crippen molar-refractivity contribution in [1.82, 2.24) is 20.3 Å². The summed E-state index contributed by atoms with van der Waals surface area (Å²) < 4.78 is 0.831. The van der Waals surface area contributed by atoms with Crippen molar-refractivity contribution in [3.63, 3.8) is 0 Å². The highest BCUT2D eigenvalue weighted by Gasteiger charge is 2.12. The molecule has 0 aromatic carbocycles. The van der Waals surface area contributed by atoms with E-state index < -0.39 is 0 Å². The maximum absolute atomic E-state index is 11.6. The zero-order valence-corrected chi connectivity index (χ0v) is 9.81. The standard InChI is InChI=1S/C9H11BrN4O/c1-11-3-2-5-6-8(14-7(5)10)12-4-13-9(6)15/h4,11H,2-3H2,1H3,(H2,12,13,14,15). The molecule has 0 radical (unpaired) electrons. The quantitative estimate of drug-likeness (QED) is 0.772. The fourth-order valence-corrected chi connectivity index (χ4v) is 2.13. The van der Waals surface area contributed by atoms with Crippen LogP contribution in [-0.4, -0.2) is 28.5 Å². The lowest BCUT2D eigenvalue weighted by atomic mass is 10.2. The molecule has 0 saturated carbocycles. The molecule has 0 saturated heterocycles. The van der Waals surface area contributed by atoms with E-state index in [1.807, 2.05) is 7.05 Å². The van der Waals surface area contributed by atoms with Gasteiger partial charge in [0.05, 0.1) is 16.3 Å². The summed E-state index contributed by atoms with van der Waals surface area (Å²) in [4.78, 5) is 21.3. The molecule has 2 rings (SSSR count). The number of likely N-dealkylation sites (N-methyl/N-ethyl adjacent to an activating group) is 1. The van der Waals surface area contributed by atoms with Gasteiger partial charge in [-0.2, -0.15) is 0 Å². The van der Waals surface area contributed by atoms with E-state index in [1.54, 1.807) is 0 Å². The fraction of sp³-hybridized carbons (Fsp3) is 0.333. The normalized spacial score (nSPS) is 11.1. The highest BCUT2D eigenvalue weighted by Crippen LogP contribution is 2.22. The van der Waals surface area contributed by atoms with Crippen molar-refractivity contribution in [2.24, 2.45) is 0 Å². The van der Waals surface area contributed by atoms with Crippen LogP contribution in [0.5, 0.6) is 0 Å². The summed E-state index contributed by atoms with van der Waals surface area (Å²) in [5.74, 6) is 0. The van der Waals surface area contributed by atoms with Gasteiger partial charge in [0.25, 0.3) is 5.56 Å². The lowest BCUT2D eigenvalue weighted by molar-refractivity contribution is 0.792. The van der Waals surface area contributed by atoms with Gasteiger partial charge in [-0.05, 0) is 35.9 Å². The second kappa shape index (κ2) is 4.16. The minimum Gasteiger partial charge on any atom is -0.334 e. The number of aromatic amines is 2. The Labute approximate surface area is 94.4 Å². The summed E-state index contributed by atoms with van der Waals surface area (Å²) in [6, 6.07) is 0. The van der Waals surface area contributed by atoms with Crippen LogP contribution in [-0.2, 0) is 6.42 Å². The molecule has 0 bridgehead atoms. The zero-order chi connectivity index (χ0) is 10.8. The lowest BCUT2D eigenvalue weighted by Crippen LogP contribution is -2.12. The average Bonchev–Trinajstić information content (AvgIpc) is 2.53. The molecule has 3 N–H and O–H groups in total. The van der Waals surface area contributed by atoms with Crippen LogP contribution in [0.1, 0.15) is 5.56 Å². The first-order valence-electron chi connectivity index (χ1n) is 4.62. The van der Waals surface area contributed by atoms with Gasteiger partial charge >= 0.3 is 0 Å². The van der Waals surface area contributed by atoms with Crippen LogP contribution in [0.4, 0.5) is 0 Å². The van der Waals surface area contributed by atoms with Crippen LogP contribution in [0.15, 0.2) is 15.7 Å². The number of aromatic nitrogens is 3. The van der Waals surface area contributed by atoms with E-state index in [1.165, 1.54) is 6.33 Å². The molecule has 5 nitrogen and oxygen atoms in total. The topological polar surface area (TPSA) is 73.6 Å². The molecule has 2 aromatic rings. The van der Waals surface area contributed by atoms with E-state index in [0.29, 0.717) is 11.0 Å². The van der Waals surface area contributed by atoms with Gasteiger partial charge in [0.15, 0.2) is 0 Å². The SMILES string of the molecule is CNCCc1c(Br)[nH]c2nc[nH]c(=O)c12.